The van der Waals surface area contributed by atoms with E-state index in [1.165, 1.54) is 6.07 Å². The van der Waals surface area contributed by atoms with Crippen molar-refractivity contribution in [2.45, 2.75) is 32.2 Å². The van der Waals surface area contributed by atoms with Crippen molar-refractivity contribution in [3.63, 3.8) is 0 Å². The first-order valence-corrected chi connectivity index (χ1v) is 11.0. The minimum Gasteiger partial charge on any atom is -0.478 e. The molecule has 3 heterocycles. The minimum atomic E-state index is -0.982. The number of para-hydroxylation sites is 1. The molecule has 1 aliphatic carbocycles. The van der Waals surface area contributed by atoms with Crippen molar-refractivity contribution in [1.82, 2.24) is 19.7 Å². The normalized spacial score (nSPS) is 15.0. The third-order valence-corrected chi connectivity index (χ3v) is 6.72. The van der Waals surface area contributed by atoms with Crippen molar-refractivity contribution in [1.29, 1.82) is 0 Å². The highest BCUT2D eigenvalue weighted by molar-refractivity contribution is 5.97. The Kier molecular flexibility index (Phi) is 4.36. The van der Waals surface area contributed by atoms with Crippen LogP contribution in [-0.2, 0) is 25.8 Å². The number of carboxylic acids is 1. The molecule has 0 saturated heterocycles. The molecule has 8 heteroatoms. The number of aromatic carboxylic acids is 1. The molecule has 0 saturated carbocycles. The molecule has 0 unspecified atom stereocenters. The highest BCUT2D eigenvalue weighted by Gasteiger charge is 2.32. The van der Waals surface area contributed by atoms with Gasteiger partial charge < -0.3 is 15.0 Å². The van der Waals surface area contributed by atoms with E-state index in [4.69, 9.17) is 0 Å². The highest BCUT2D eigenvalue weighted by Crippen LogP contribution is 2.32. The van der Waals surface area contributed by atoms with E-state index >= 15 is 0 Å². The van der Waals surface area contributed by atoms with Gasteiger partial charge in [0.15, 0.2) is 5.69 Å². The number of hydrogen-bond donors (Lipinski definition) is 2. The highest BCUT2D eigenvalue weighted by atomic mass is 19.1. The summed E-state index contributed by atoms with van der Waals surface area (Å²) >= 11 is 0. The van der Waals surface area contributed by atoms with E-state index in [-0.39, 0.29) is 17.3 Å². The van der Waals surface area contributed by atoms with E-state index in [9.17, 15) is 19.1 Å². The number of hydrogen-bond acceptors (Lipinski definition) is 3. The van der Waals surface area contributed by atoms with Gasteiger partial charge in [-0.25, -0.2) is 13.9 Å². The lowest BCUT2D eigenvalue weighted by Gasteiger charge is -2.27. The number of rotatable bonds is 3. The van der Waals surface area contributed by atoms with Crippen molar-refractivity contribution in [2.24, 2.45) is 0 Å². The number of halogens is 1. The summed E-state index contributed by atoms with van der Waals surface area (Å²) in [6, 6.07) is 11.5. The van der Waals surface area contributed by atoms with Crippen molar-refractivity contribution in [3.8, 4) is 5.69 Å². The van der Waals surface area contributed by atoms with Crippen LogP contribution in [0.1, 0.15) is 49.8 Å². The monoisotopic (exact) mass is 444 g/mol. The van der Waals surface area contributed by atoms with Crippen LogP contribution in [0.15, 0.2) is 42.5 Å². The predicted molar refractivity (Wildman–Crippen MR) is 119 cm³/mol. The van der Waals surface area contributed by atoms with E-state index in [1.54, 1.807) is 46.0 Å². The first-order valence-electron chi connectivity index (χ1n) is 11.0. The Labute approximate surface area is 188 Å². The Hall–Kier alpha value is -3.94. The molecular formula is C25H21FN4O3. The lowest BCUT2D eigenvalue weighted by molar-refractivity contribution is 0.0694. The molecular weight excluding hydrogens is 423 g/mol. The molecule has 0 spiro atoms. The average molecular weight is 444 g/mol. The number of carbonyl (C=O) groups is 2. The molecule has 1 aliphatic heterocycles. The van der Waals surface area contributed by atoms with Crippen LogP contribution in [0.4, 0.5) is 4.39 Å². The van der Waals surface area contributed by atoms with Gasteiger partial charge >= 0.3 is 5.97 Å². The standard InChI is InChI=1S/C25H21FN4O3/c26-18-5-1-2-6-22(18)30-21-7-3-4-15(21)23(28-30)24(31)29-11-10-20-17(13-29)16-12-14(25(32)33)8-9-19(16)27-20/h1-2,5-6,8-9,12,27H,3-4,7,10-11,13H2,(H,32,33). The van der Waals surface area contributed by atoms with Crippen LogP contribution in [0.5, 0.6) is 0 Å². The van der Waals surface area contributed by atoms with E-state index in [2.05, 4.69) is 10.1 Å². The maximum absolute atomic E-state index is 14.5. The Morgan fingerprint density at radius 3 is 2.73 bits per heavy atom. The average Bonchev–Trinajstić information content (AvgIpc) is 3.52. The molecule has 0 atom stereocenters. The van der Waals surface area contributed by atoms with Crippen molar-refractivity contribution < 1.29 is 19.1 Å². The Balaban J connectivity index is 1.37. The zero-order chi connectivity index (χ0) is 22.7. The molecule has 2 N–H and O–H groups in total. The number of amides is 1. The number of nitrogens with zero attached hydrogens (tertiary/aromatic N) is 3. The van der Waals surface area contributed by atoms with Crippen LogP contribution in [-0.4, -0.2) is 43.2 Å². The van der Waals surface area contributed by atoms with E-state index < -0.39 is 5.97 Å². The third-order valence-electron chi connectivity index (χ3n) is 6.72. The molecule has 166 valence electrons. The van der Waals surface area contributed by atoms with Crippen molar-refractivity contribution >= 4 is 22.8 Å². The number of fused-ring (bicyclic) bond motifs is 4. The van der Waals surface area contributed by atoms with Gasteiger partial charge in [-0.1, -0.05) is 12.1 Å². The number of nitrogens with one attached hydrogen (secondary N) is 1. The zero-order valence-electron chi connectivity index (χ0n) is 17.8. The molecule has 2 aliphatic rings. The molecule has 33 heavy (non-hydrogen) atoms. The molecule has 2 aromatic carbocycles. The van der Waals surface area contributed by atoms with Crippen LogP contribution in [0, 0.1) is 5.82 Å². The first kappa shape index (κ1) is 19.7. The molecule has 0 fully saturated rings. The lowest BCUT2D eigenvalue weighted by atomic mass is 10.0. The Morgan fingerprint density at radius 1 is 1.06 bits per heavy atom. The van der Waals surface area contributed by atoms with E-state index in [0.717, 1.165) is 52.7 Å². The van der Waals surface area contributed by atoms with Crippen LogP contribution >= 0.6 is 0 Å². The van der Waals surface area contributed by atoms with Gasteiger partial charge in [0.2, 0.25) is 0 Å². The Morgan fingerprint density at radius 2 is 1.91 bits per heavy atom. The summed E-state index contributed by atoms with van der Waals surface area (Å²) in [5.41, 5.74) is 5.60. The molecule has 6 rings (SSSR count). The summed E-state index contributed by atoms with van der Waals surface area (Å²) in [6.07, 6.45) is 3.06. The summed E-state index contributed by atoms with van der Waals surface area (Å²) in [5, 5.41) is 14.8. The fraction of sp³-hybridized carbons (Fsp3) is 0.240. The fourth-order valence-corrected chi connectivity index (χ4v) is 5.10. The van der Waals surface area contributed by atoms with Crippen LogP contribution in [0.2, 0.25) is 0 Å². The van der Waals surface area contributed by atoms with Crippen molar-refractivity contribution in [3.05, 3.63) is 82.1 Å². The van der Waals surface area contributed by atoms with Gasteiger partial charge in [-0.15, -0.1) is 0 Å². The summed E-state index contributed by atoms with van der Waals surface area (Å²) in [6.45, 7) is 0.907. The molecule has 7 nitrogen and oxygen atoms in total. The van der Waals surface area contributed by atoms with Gasteiger partial charge in [0, 0.05) is 52.9 Å². The number of carboxylic acid groups (broad SMARTS) is 1. The summed E-state index contributed by atoms with van der Waals surface area (Å²) in [5.74, 6) is -1.52. The number of aromatic amines is 1. The number of carbonyl (C=O) groups excluding carboxylic acids is 1. The predicted octanol–water partition coefficient (Wildman–Crippen LogP) is 3.88. The summed E-state index contributed by atoms with van der Waals surface area (Å²) in [7, 11) is 0. The number of aromatic nitrogens is 3. The zero-order valence-corrected chi connectivity index (χ0v) is 17.8. The molecule has 2 aromatic heterocycles. The quantitative estimate of drug-likeness (QED) is 0.502. The van der Waals surface area contributed by atoms with Gasteiger partial charge in [-0.05, 0) is 49.6 Å². The van der Waals surface area contributed by atoms with Gasteiger partial charge in [0.25, 0.3) is 5.91 Å². The molecule has 4 aromatic rings. The number of H-pyrrole nitrogens is 1. The largest absolute Gasteiger partial charge is 0.478 e. The van der Waals surface area contributed by atoms with Crippen LogP contribution in [0.3, 0.4) is 0 Å². The SMILES string of the molecule is O=C(O)c1ccc2[nH]c3c(c2c1)CN(C(=O)c1nn(-c2ccccc2F)c2c1CCC2)CC3. The summed E-state index contributed by atoms with van der Waals surface area (Å²) < 4.78 is 16.1. The molecule has 0 radical (unpaired) electrons. The van der Waals surface area contributed by atoms with E-state index in [0.29, 0.717) is 30.9 Å². The van der Waals surface area contributed by atoms with Gasteiger partial charge in [0.1, 0.15) is 11.5 Å². The second-order valence-corrected chi connectivity index (χ2v) is 8.61. The summed E-state index contributed by atoms with van der Waals surface area (Å²) in [4.78, 5) is 30.1. The van der Waals surface area contributed by atoms with Gasteiger partial charge in [0.05, 0.1) is 5.56 Å². The maximum atomic E-state index is 14.5. The van der Waals surface area contributed by atoms with Crippen LogP contribution in [0.25, 0.3) is 16.6 Å². The topological polar surface area (TPSA) is 91.2 Å². The molecule has 0 bridgehead atoms. The second-order valence-electron chi connectivity index (χ2n) is 8.61. The third kappa shape index (κ3) is 3.05. The fourth-order valence-electron chi connectivity index (χ4n) is 5.10. The second kappa shape index (κ2) is 7.30. The molecule has 1 amide bonds. The maximum Gasteiger partial charge on any atom is 0.335 e. The van der Waals surface area contributed by atoms with Crippen molar-refractivity contribution in [2.75, 3.05) is 6.54 Å². The smallest absolute Gasteiger partial charge is 0.335 e. The van der Waals surface area contributed by atoms with E-state index in [1.807, 2.05) is 0 Å². The Bertz CT molecular complexity index is 1450. The minimum absolute atomic E-state index is 0.169. The van der Waals surface area contributed by atoms with Gasteiger partial charge in [-0.2, -0.15) is 5.10 Å². The lowest BCUT2D eigenvalue weighted by Crippen LogP contribution is -2.36. The first-order chi connectivity index (χ1) is 16.0. The number of benzene rings is 2. The van der Waals surface area contributed by atoms with Crippen LogP contribution < -0.4 is 0 Å². The van der Waals surface area contributed by atoms with Gasteiger partial charge in [-0.3, -0.25) is 4.79 Å².